The zero-order valence-electron chi connectivity index (χ0n) is 8.92. The van der Waals surface area contributed by atoms with Crippen LogP contribution in [0.2, 0.25) is 0 Å². The number of hydrogen-bond acceptors (Lipinski definition) is 5. The van der Waals surface area contributed by atoms with Gasteiger partial charge in [-0.25, -0.2) is 4.98 Å². The van der Waals surface area contributed by atoms with Crippen molar-refractivity contribution in [1.82, 2.24) is 9.97 Å². The van der Waals surface area contributed by atoms with E-state index in [-0.39, 0.29) is 5.95 Å². The van der Waals surface area contributed by atoms with Gasteiger partial charge in [-0.05, 0) is 23.6 Å². The highest BCUT2D eigenvalue weighted by atomic mass is 32.1. The Morgan fingerprint density at radius 3 is 2.82 bits per heavy atom. The van der Waals surface area contributed by atoms with E-state index < -0.39 is 0 Å². The van der Waals surface area contributed by atoms with Gasteiger partial charge in [0.1, 0.15) is 5.82 Å². The zero-order valence-corrected chi connectivity index (χ0v) is 9.74. The van der Waals surface area contributed by atoms with E-state index in [0.717, 1.165) is 22.4 Å². The van der Waals surface area contributed by atoms with Crippen LogP contribution >= 0.6 is 11.3 Å². The minimum atomic E-state index is 0.279. The lowest BCUT2D eigenvalue weighted by Gasteiger charge is -2.07. The van der Waals surface area contributed by atoms with E-state index >= 15 is 0 Å². The Morgan fingerprint density at radius 1 is 1.12 bits per heavy atom. The first kappa shape index (κ1) is 10.0. The quantitative estimate of drug-likeness (QED) is 0.725. The molecule has 0 aliphatic heterocycles. The predicted molar refractivity (Wildman–Crippen MR) is 71.6 cm³/mol. The van der Waals surface area contributed by atoms with Crippen LogP contribution in [0.1, 0.15) is 0 Å². The number of nitrogen functional groups attached to an aromatic ring is 1. The maximum atomic E-state index is 5.69. The fourth-order valence-electron chi connectivity index (χ4n) is 1.66. The van der Waals surface area contributed by atoms with Crippen LogP contribution in [0.5, 0.6) is 0 Å². The third kappa shape index (κ3) is 1.92. The molecule has 17 heavy (non-hydrogen) atoms. The molecule has 0 spiro atoms. The molecule has 0 saturated heterocycles. The number of nitrogens with one attached hydrogen (secondary N) is 1. The highest BCUT2D eigenvalue weighted by Crippen LogP contribution is 2.25. The first-order valence-corrected chi connectivity index (χ1v) is 6.09. The van der Waals surface area contributed by atoms with Crippen molar-refractivity contribution in [3.05, 3.63) is 41.1 Å². The number of nitrogens with zero attached hydrogens (tertiary/aromatic N) is 2. The number of nitrogens with two attached hydrogens (primary N) is 1. The summed E-state index contributed by atoms with van der Waals surface area (Å²) in [5.74, 6) is 1.02. The summed E-state index contributed by atoms with van der Waals surface area (Å²) in [6.07, 6.45) is 0. The van der Waals surface area contributed by atoms with Crippen molar-refractivity contribution >= 4 is 39.7 Å². The van der Waals surface area contributed by atoms with Gasteiger partial charge in [0.25, 0.3) is 0 Å². The molecule has 0 aliphatic carbocycles. The van der Waals surface area contributed by atoms with Gasteiger partial charge in [0.2, 0.25) is 5.95 Å². The lowest BCUT2D eigenvalue weighted by molar-refractivity contribution is 1.23. The summed E-state index contributed by atoms with van der Waals surface area (Å²) in [6, 6.07) is 9.79. The molecule has 3 aromatic rings. The van der Waals surface area contributed by atoms with Crippen molar-refractivity contribution in [1.29, 1.82) is 0 Å². The van der Waals surface area contributed by atoms with Crippen molar-refractivity contribution in [2.24, 2.45) is 0 Å². The largest absolute Gasteiger partial charge is 0.368 e. The summed E-state index contributed by atoms with van der Waals surface area (Å²) < 4.78 is 0. The molecule has 3 rings (SSSR count). The zero-order chi connectivity index (χ0) is 11.7. The first-order valence-electron chi connectivity index (χ1n) is 5.14. The number of anilines is 3. The van der Waals surface area contributed by atoms with E-state index in [2.05, 4.69) is 15.3 Å². The van der Waals surface area contributed by atoms with E-state index in [1.165, 1.54) is 0 Å². The molecule has 4 nitrogen and oxygen atoms in total. The van der Waals surface area contributed by atoms with E-state index in [9.17, 15) is 0 Å². The van der Waals surface area contributed by atoms with Gasteiger partial charge >= 0.3 is 0 Å². The summed E-state index contributed by atoms with van der Waals surface area (Å²) in [4.78, 5) is 8.43. The molecule has 2 aromatic heterocycles. The van der Waals surface area contributed by atoms with Crippen molar-refractivity contribution in [3.8, 4) is 0 Å². The standard InChI is InChI=1S/C12H10N4S/c13-12-15-10-4-2-1-3-9(10)11(16-12)14-8-5-6-17-7-8/h1-7H,(H3,13,14,15,16). The molecular formula is C12H10N4S. The lowest BCUT2D eigenvalue weighted by Crippen LogP contribution is -2.00. The predicted octanol–water partition coefficient (Wildman–Crippen LogP) is 3.02. The third-order valence-electron chi connectivity index (χ3n) is 2.40. The Morgan fingerprint density at radius 2 is 2.00 bits per heavy atom. The Bertz CT molecular complexity index is 649. The molecule has 1 aromatic carbocycles. The van der Waals surface area contributed by atoms with Gasteiger partial charge in [-0.1, -0.05) is 12.1 Å². The second-order valence-corrected chi connectivity index (χ2v) is 4.36. The average molecular weight is 242 g/mol. The molecule has 84 valence electrons. The lowest BCUT2D eigenvalue weighted by atomic mass is 10.2. The Labute approximate surface area is 102 Å². The van der Waals surface area contributed by atoms with Gasteiger partial charge in [-0.15, -0.1) is 0 Å². The molecule has 0 fully saturated rings. The number of fused-ring (bicyclic) bond motifs is 1. The molecule has 5 heteroatoms. The fourth-order valence-corrected chi connectivity index (χ4v) is 2.25. The summed E-state index contributed by atoms with van der Waals surface area (Å²) >= 11 is 1.63. The van der Waals surface area contributed by atoms with Crippen molar-refractivity contribution in [2.75, 3.05) is 11.1 Å². The molecule has 0 saturated carbocycles. The van der Waals surface area contributed by atoms with Crippen LogP contribution < -0.4 is 11.1 Å². The second-order valence-electron chi connectivity index (χ2n) is 3.58. The second kappa shape index (κ2) is 4.03. The summed E-state index contributed by atoms with van der Waals surface area (Å²) in [5, 5.41) is 8.24. The number of thiophene rings is 1. The number of para-hydroxylation sites is 1. The number of aromatic nitrogens is 2. The maximum absolute atomic E-state index is 5.69. The molecule has 3 N–H and O–H groups in total. The van der Waals surface area contributed by atoms with Gasteiger partial charge in [-0.2, -0.15) is 16.3 Å². The van der Waals surface area contributed by atoms with Crippen LogP contribution in [0.25, 0.3) is 10.9 Å². The summed E-state index contributed by atoms with van der Waals surface area (Å²) in [5.41, 5.74) is 7.55. The highest BCUT2D eigenvalue weighted by Gasteiger charge is 2.05. The van der Waals surface area contributed by atoms with E-state index in [0.29, 0.717) is 0 Å². The molecule has 0 unspecified atom stereocenters. The summed E-state index contributed by atoms with van der Waals surface area (Å²) in [7, 11) is 0. The minimum absolute atomic E-state index is 0.279. The normalized spacial score (nSPS) is 10.6. The van der Waals surface area contributed by atoms with Gasteiger partial charge < -0.3 is 11.1 Å². The SMILES string of the molecule is Nc1nc(Nc2ccsc2)c2ccccc2n1. The van der Waals surface area contributed by atoms with Crippen LogP contribution in [0.15, 0.2) is 41.1 Å². The smallest absolute Gasteiger partial charge is 0.222 e. The van der Waals surface area contributed by atoms with Crippen LogP contribution in [0.4, 0.5) is 17.5 Å². The van der Waals surface area contributed by atoms with Gasteiger partial charge in [0, 0.05) is 10.8 Å². The molecular weight excluding hydrogens is 232 g/mol. The van der Waals surface area contributed by atoms with Crippen LogP contribution in [-0.2, 0) is 0 Å². The minimum Gasteiger partial charge on any atom is -0.368 e. The fraction of sp³-hybridized carbons (Fsp3) is 0. The molecule has 2 heterocycles. The topological polar surface area (TPSA) is 63.8 Å². The Balaban J connectivity index is 2.14. The third-order valence-corrected chi connectivity index (χ3v) is 3.09. The number of hydrogen-bond donors (Lipinski definition) is 2. The van der Waals surface area contributed by atoms with E-state index in [1.54, 1.807) is 11.3 Å². The highest BCUT2D eigenvalue weighted by molar-refractivity contribution is 7.08. The molecule has 0 atom stereocenters. The van der Waals surface area contributed by atoms with Crippen molar-refractivity contribution < 1.29 is 0 Å². The van der Waals surface area contributed by atoms with E-state index in [1.807, 2.05) is 41.1 Å². The molecule has 0 bridgehead atoms. The summed E-state index contributed by atoms with van der Waals surface area (Å²) in [6.45, 7) is 0. The van der Waals surface area contributed by atoms with Crippen LogP contribution in [0, 0.1) is 0 Å². The van der Waals surface area contributed by atoms with Crippen LogP contribution in [-0.4, -0.2) is 9.97 Å². The molecule has 0 aliphatic rings. The van der Waals surface area contributed by atoms with Gasteiger partial charge in [0.05, 0.1) is 11.2 Å². The van der Waals surface area contributed by atoms with Crippen LogP contribution in [0.3, 0.4) is 0 Å². The molecule has 0 radical (unpaired) electrons. The monoisotopic (exact) mass is 242 g/mol. The van der Waals surface area contributed by atoms with Gasteiger partial charge in [0.15, 0.2) is 0 Å². The maximum Gasteiger partial charge on any atom is 0.222 e. The molecule has 0 amide bonds. The Kier molecular flexibility index (Phi) is 2.38. The first-order chi connectivity index (χ1) is 8.33. The van der Waals surface area contributed by atoms with E-state index in [4.69, 9.17) is 5.73 Å². The number of benzene rings is 1. The average Bonchev–Trinajstić information content (AvgIpc) is 2.81. The van der Waals surface area contributed by atoms with Crippen molar-refractivity contribution in [2.45, 2.75) is 0 Å². The Hall–Kier alpha value is -2.14. The van der Waals surface area contributed by atoms with Crippen molar-refractivity contribution in [3.63, 3.8) is 0 Å². The number of rotatable bonds is 2. The van der Waals surface area contributed by atoms with Gasteiger partial charge in [-0.3, -0.25) is 0 Å².